The molecule has 286 valence electrons. The van der Waals surface area contributed by atoms with Gasteiger partial charge in [0.1, 0.15) is 0 Å². The Bertz CT molecular complexity index is 3180. The standard InChI is InChI=1S/C57H43N3/c1-57(2)50-23-13-15-25-55(50)60(46-31-26-39(27-32-46)41-29-34-54-49(37-41)47-22-12-14-24-53(47)59(54)45-20-10-5-11-21-45)56-35-30-43(38-51(56)57)42-28-33-52(58-44-18-8-4-9-19-44)48(36-42)40-16-6-3-7-17-40/h3-38,58H,1-2H3. The van der Waals surface area contributed by atoms with E-state index >= 15 is 0 Å². The Morgan fingerprint density at radius 2 is 0.967 bits per heavy atom. The third kappa shape index (κ3) is 5.98. The molecule has 3 heteroatoms. The molecule has 0 spiro atoms. The second kappa shape index (κ2) is 14.3. The van der Waals surface area contributed by atoms with Crippen molar-refractivity contribution in [2.24, 2.45) is 0 Å². The molecule has 0 radical (unpaired) electrons. The smallest absolute Gasteiger partial charge is 0.0541 e. The Labute approximate surface area is 351 Å². The number of fused-ring (bicyclic) bond motifs is 5. The summed E-state index contributed by atoms with van der Waals surface area (Å²) in [6.45, 7) is 4.73. The van der Waals surface area contributed by atoms with Gasteiger partial charge in [0.05, 0.1) is 22.4 Å². The van der Waals surface area contributed by atoms with Gasteiger partial charge < -0.3 is 14.8 Å². The van der Waals surface area contributed by atoms with Crippen LogP contribution in [0.4, 0.5) is 28.4 Å². The van der Waals surface area contributed by atoms with E-state index in [-0.39, 0.29) is 5.41 Å². The summed E-state index contributed by atoms with van der Waals surface area (Å²) in [5.74, 6) is 0. The fraction of sp³-hybridized carbons (Fsp3) is 0.0526. The predicted molar refractivity (Wildman–Crippen MR) is 254 cm³/mol. The van der Waals surface area contributed by atoms with E-state index < -0.39 is 0 Å². The molecule has 9 aromatic carbocycles. The minimum absolute atomic E-state index is 0.218. The van der Waals surface area contributed by atoms with Crippen LogP contribution in [0.15, 0.2) is 218 Å². The van der Waals surface area contributed by atoms with Crippen molar-refractivity contribution in [2.45, 2.75) is 19.3 Å². The van der Waals surface area contributed by atoms with Crippen LogP contribution < -0.4 is 10.2 Å². The highest BCUT2D eigenvalue weighted by Gasteiger charge is 2.37. The van der Waals surface area contributed by atoms with Crippen molar-refractivity contribution < 1.29 is 0 Å². The minimum Gasteiger partial charge on any atom is -0.355 e. The molecule has 0 aliphatic carbocycles. The maximum atomic E-state index is 3.68. The van der Waals surface area contributed by atoms with Crippen LogP contribution in [0, 0.1) is 0 Å². The SMILES string of the molecule is CC1(C)c2ccccc2N(c2ccc(-c3ccc4c(c3)c3ccccc3n4-c3ccccc3)cc2)c2ccc(-c3ccc(Nc4ccccc4)c(-c4ccccc4)c3)cc21. The minimum atomic E-state index is -0.218. The maximum absolute atomic E-state index is 3.68. The molecule has 2 heterocycles. The molecule has 0 fully saturated rings. The first-order chi connectivity index (χ1) is 29.5. The summed E-state index contributed by atoms with van der Waals surface area (Å²) in [5, 5.41) is 6.19. The van der Waals surface area contributed by atoms with E-state index in [0.717, 1.165) is 17.1 Å². The summed E-state index contributed by atoms with van der Waals surface area (Å²) in [6, 6.07) is 79.2. The molecule has 0 saturated carbocycles. The van der Waals surface area contributed by atoms with Gasteiger partial charge in [0.25, 0.3) is 0 Å². The number of aromatic nitrogens is 1. The molecule has 3 nitrogen and oxygen atoms in total. The largest absolute Gasteiger partial charge is 0.355 e. The van der Waals surface area contributed by atoms with Gasteiger partial charge in [0, 0.05) is 44.5 Å². The first-order valence-electron chi connectivity index (χ1n) is 20.8. The fourth-order valence-electron chi connectivity index (χ4n) is 9.34. The fourth-order valence-corrected chi connectivity index (χ4v) is 9.34. The van der Waals surface area contributed by atoms with E-state index in [0.29, 0.717) is 0 Å². The number of nitrogens with one attached hydrogen (secondary N) is 1. The number of nitrogens with zero attached hydrogens (tertiary/aromatic N) is 2. The lowest BCUT2D eigenvalue weighted by molar-refractivity contribution is 0.632. The van der Waals surface area contributed by atoms with Crippen molar-refractivity contribution in [3.8, 4) is 39.1 Å². The molecule has 0 saturated heterocycles. The first kappa shape index (κ1) is 35.5. The normalized spacial score (nSPS) is 12.9. The van der Waals surface area contributed by atoms with Crippen molar-refractivity contribution in [2.75, 3.05) is 10.2 Å². The van der Waals surface area contributed by atoms with Crippen LogP contribution >= 0.6 is 0 Å². The zero-order chi connectivity index (χ0) is 40.2. The molecule has 0 unspecified atom stereocenters. The van der Waals surface area contributed by atoms with Gasteiger partial charge in [-0.15, -0.1) is 0 Å². The van der Waals surface area contributed by atoms with E-state index in [1.807, 2.05) is 6.07 Å². The van der Waals surface area contributed by atoms with Crippen molar-refractivity contribution >= 4 is 50.2 Å². The van der Waals surface area contributed by atoms with Gasteiger partial charge in [-0.05, 0) is 124 Å². The summed E-state index contributed by atoms with van der Waals surface area (Å²) in [4.78, 5) is 2.45. The van der Waals surface area contributed by atoms with Crippen molar-refractivity contribution in [1.29, 1.82) is 0 Å². The van der Waals surface area contributed by atoms with Crippen molar-refractivity contribution in [3.63, 3.8) is 0 Å². The van der Waals surface area contributed by atoms with Crippen molar-refractivity contribution in [1.82, 2.24) is 4.57 Å². The van der Waals surface area contributed by atoms with Gasteiger partial charge in [-0.1, -0.05) is 147 Å². The summed E-state index contributed by atoms with van der Waals surface area (Å²) in [5.41, 5.74) is 18.8. The lowest BCUT2D eigenvalue weighted by Gasteiger charge is -2.42. The highest BCUT2D eigenvalue weighted by atomic mass is 15.2. The van der Waals surface area contributed by atoms with Crippen LogP contribution in [-0.2, 0) is 5.41 Å². The maximum Gasteiger partial charge on any atom is 0.0541 e. The first-order valence-corrected chi connectivity index (χ1v) is 20.8. The lowest BCUT2D eigenvalue weighted by Crippen LogP contribution is -2.30. The Kier molecular flexibility index (Phi) is 8.49. The van der Waals surface area contributed by atoms with E-state index in [9.17, 15) is 0 Å². The van der Waals surface area contributed by atoms with E-state index in [1.54, 1.807) is 0 Å². The molecule has 1 N–H and O–H groups in total. The Morgan fingerprint density at radius 1 is 0.383 bits per heavy atom. The van der Waals surface area contributed by atoms with Gasteiger partial charge in [-0.25, -0.2) is 0 Å². The van der Waals surface area contributed by atoms with Gasteiger partial charge >= 0.3 is 0 Å². The van der Waals surface area contributed by atoms with E-state index in [1.165, 1.54) is 83.4 Å². The molecule has 60 heavy (non-hydrogen) atoms. The summed E-state index contributed by atoms with van der Waals surface area (Å²) >= 11 is 0. The topological polar surface area (TPSA) is 20.2 Å². The van der Waals surface area contributed by atoms with Crippen LogP contribution in [-0.4, -0.2) is 4.57 Å². The van der Waals surface area contributed by atoms with Crippen LogP contribution in [0.5, 0.6) is 0 Å². The van der Waals surface area contributed by atoms with E-state index in [4.69, 9.17) is 0 Å². The zero-order valence-electron chi connectivity index (χ0n) is 33.7. The van der Waals surface area contributed by atoms with Gasteiger partial charge in [-0.2, -0.15) is 0 Å². The van der Waals surface area contributed by atoms with Crippen LogP contribution in [0.25, 0.3) is 60.9 Å². The summed E-state index contributed by atoms with van der Waals surface area (Å²) < 4.78 is 2.37. The van der Waals surface area contributed by atoms with Gasteiger partial charge in [0.2, 0.25) is 0 Å². The third-order valence-electron chi connectivity index (χ3n) is 12.4. The van der Waals surface area contributed by atoms with Crippen LogP contribution in [0.3, 0.4) is 0 Å². The monoisotopic (exact) mass is 769 g/mol. The number of benzene rings is 9. The predicted octanol–water partition coefficient (Wildman–Crippen LogP) is 15.6. The molecule has 1 aliphatic heterocycles. The molecule has 0 bridgehead atoms. The average molecular weight is 770 g/mol. The van der Waals surface area contributed by atoms with E-state index in [2.05, 4.69) is 241 Å². The highest BCUT2D eigenvalue weighted by molar-refractivity contribution is 6.10. The number of rotatable bonds is 7. The van der Waals surface area contributed by atoms with Gasteiger partial charge in [0.15, 0.2) is 0 Å². The molecule has 1 aromatic heterocycles. The summed E-state index contributed by atoms with van der Waals surface area (Å²) in [6.07, 6.45) is 0. The lowest BCUT2D eigenvalue weighted by atomic mass is 9.73. The quantitative estimate of drug-likeness (QED) is 0.174. The zero-order valence-corrected chi connectivity index (χ0v) is 33.7. The Morgan fingerprint density at radius 3 is 1.77 bits per heavy atom. The summed E-state index contributed by atoms with van der Waals surface area (Å²) in [7, 11) is 0. The Hall–Kier alpha value is -7.62. The van der Waals surface area contributed by atoms with Crippen molar-refractivity contribution in [3.05, 3.63) is 230 Å². The average Bonchev–Trinajstić information content (AvgIpc) is 3.64. The molecule has 1 aliphatic rings. The number of para-hydroxylation sites is 4. The molecular formula is C57H43N3. The number of hydrogen-bond donors (Lipinski definition) is 1. The molecule has 0 atom stereocenters. The second-order valence-corrected chi connectivity index (χ2v) is 16.3. The van der Waals surface area contributed by atoms with Gasteiger partial charge in [-0.3, -0.25) is 0 Å². The highest BCUT2D eigenvalue weighted by Crippen LogP contribution is 2.53. The third-order valence-corrected chi connectivity index (χ3v) is 12.4. The molecule has 10 aromatic rings. The number of hydrogen-bond acceptors (Lipinski definition) is 2. The second-order valence-electron chi connectivity index (χ2n) is 16.3. The van der Waals surface area contributed by atoms with Crippen LogP contribution in [0.2, 0.25) is 0 Å². The number of anilines is 5. The molecule has 11 rings (SSSR count). The van der Waals surface area contributed by atoms with Crippen LogP contribution in [0.1, 0.15) is 25.0 Å². The molecule has 0 amide bonds. The molecular weight excluding hydrogens is 727 g/mol. The Balaban J connectivity index is 0.982.